The van der Waals surface area contributed by atoms with Gasteiger partial charge in [-0.2, -0.15) is 0 Å². The number of sulfone groups is 1. The molecule has 27 heavy (non-hydrogen) atoms. The molecule has 2 aromatic carbocycles. The Bertz CT molecular complexity index is 1080. The first-order valence-electron chi connectivity index (χ1n) is 8.81. The summed E-state index contributed by atoms with van der Waals surface area (Å²) in [4.78, 5) is 17.8. The van der Waals surface area contributed by atoms with Gasteiger partial charge in [0, 0.05) is 30.2 Å². The van der Waals surface area contributed by atoms with E-state index in [2.05, 4.69) is 4.98 Å². The summed E-state index contributed by atoms with van der Waals surface area (Å²) in [6.07, 6.45) is 2.44. The minimum Gasteiger partial charge on any atom is -0.360 e. The molecule has 0 aliphatic carbocycles. The van der Waals surface area contributed by atoms with E-state index in [1.165, 1.54) is 12.1 Å². The lowest BCUT2D eigenvalue weighted by molar-refractivity contribution is 0.0727. The molecule has 7 heteroatoms. The van der Waals surface area contributed by atoms with Crippen molar-refractivity contribution >= 4 is 26.6 Å². The molecule has 3 aromatic rings. The molecule has 0 atom stereocenters. The SMILES string of the molecule is O=C(c1c[nH]c2ccccc12)N1CCC(S(=O)(=O)c2ccc(F)cc2)CC1. The van der Waals surface area contributed by atoms with E-state index in [1.54, 1.807) is 11.1 Å². The van der Waals surface area contributed by atoms with Crippen molar-refractivity contribution in [1.82, 2.24) is 9.88 Å². The van der Waals surface area contributed by atoms with Gasteiger partial charge in [0.1, 0.15) is 5.82 Å². The normalized spacial score (nSPS) is 16.0. The molecule has 0 spiro atoms. The Morgan fingerprint density at radius 2 is 1.70 bits per heavy atom. The summed E-state index contributed by atoms with van der Waals surface area (Å²) in [5.74, 6) is -0.557. The maximum Gasteiger partial charge on any atom is 0.256 e. The molecule has 1 N–H and O–H groups in total. The van der Waals surface area contributed by atoms with Gasteiger partial charge >= 0.3 is 0 Å². The van der Waals surface area contributed by atoms with Crippen LogP contribution in [0.1, 0.15) is 23.2 Å². The van der Waals surface area contributed by atoms with Crippen LogP contribution in [0.4, 0.5) is 4.39 Å². The Balaban J connectivity index is 1.48. The third-order valence-corrected chi connectivity index (χ3v) is 7.41. The lowest BCUT2D eigenvalue weighted by atomic mass is 10.1. The number of nitrogens with one attached hydrogen (secondary N) is 1. The van der Waals surface area contributed by atoms with E-state index in [0.717, 1.165) is 23.0 Å². The first kappa shape index (κ1) is 17.7. The lowest BCUT2D eigenvalue weighted by Gasteiger charge is -2.31. The summed E-state index contributed by atoms with van der Waals surface area (Å²) >= 11 is 0. The number of halogens is 1. The van der Waals surface area contributed by atoms with Crippen molar-refractivity contribution in [2.45, 2.75) is 23.0 Å². The molecule has 0 radical (unpaired) electrons. The summed E-state index contributed by atoms with van der Waals surface area (Å²) in [6, 6.07) is 12.5. The number of para-hydroxylation sites is 1. The van der Waals surface area contributed by atoms with Gasteiger partial charge in [0.25, 0.3) is 5.91 Å². The molecule has 4 rings (SSSR count). The van der Waals surface area contributed by atoms with Crippen molar-refractivity contribution in [2.24, 2.45) is 0 Å². The highest BCUT2D eigenvalue weighted by molar-refractivity contribution is 7.92. The molecule has 1 aliphatic heterocycles. The average Bonchev–Trinajstić information content (AvgIpc) is 3.12. The Morgan fingerprint density at radius 1 is 1.04 bits per heavy atom. The second-order valence-corrected chi connectivity index (χ2v) is 8.97. The van der Waals surface area contributed by atoms with E-state index in [-0.39, 0.29) is 10.8 Å². The molecular weight excluding hydrogens is 367 g/mol. The minimum atomic E-state index is -3.53. The maximum absolute atomic E-state index is 13.1. The Morgan fingerprint density at radius 3 is 2.41 bits per heavy atom. The van der Waals surface area contributed by atoms with E-state index in [0.29, 0.717) is 31.5 Å². The molecular formula is C20H19FN2O3S. The van der Waals surface area contributed by atoms with Gasteiger partial charge in [-0.05, 0) is 43.2 Å². The van der Waals surface area contributed by atoms with Gasteiger partial charge in [-0.25, -0.2) is 12.8 Å². The van der Waals surface area contributed by atoms with Gasteiger partial charge in [0.05, 0.1) is 15.7 Å². The molecule has 1 amide bonds. The number of benzene rings is 2. The van der Waals surface area contributed by atoms with E-state index >= 15 is 0 Å². The second kappa shape index (κ2) is 6.81. The zero-order chi connectivity index (χ0) is 19.0. The van der Waals surface area contributed by atoms with Crippen molar-refractivity contribution in [3.8, 4) is 0 Å². The van der Waals surface area contributed by atoms with Crippen LogP contribution < -0.4 is 0 Å². The van der Waals surface area contributed by atoms with Gasteiger partial charge < -0.3 is 9.88 Å². The molecule has 2 heterocycles. The number of H-pyrrole nitrogens is 1. The van der Waals surface area contributed by atoms with Crippen molar-refractivity contribution in [3.63, 3.8) is 0 Å². The second-order valence-electron chi connectivity index (χ2n) is 6.74. The van der Waals surface area contributed by atoms with Crippen LogP contribution in [0.25, 0.3) is 10.9 Å². The highest BCUT2D eigenvalue weighted by Gasteiger charge is 2.33. The number of carbonyl (C=O) groups excluding carboxylic acids is 1. The topological polar surface area (TPSA) is 70.2 Å². The number of aromatic amines is 1. The number of hydrogen-bond acceptors (Lipinski definition) is 3. The van der Waals surface area contributed by atoms with Gasteiger partial charge in [-0.15, -0.1) is 0 Å². The Hall–Kier alpha value is -2.67. The van der Waals surface area contributed by atoms with Crippen LogP contribution in [0.3, 0.4) is 0 Å². The molecule has 1 saturated heterocycles. The highest BCUT2D eigenvalue weighted by atomic mass is 32.2. The summed E-state index contributed by atoms with van der Waals surface area (Å²) in [5.41, 5.74) is 1.50. The predicted molar refractivity (Wildman–Crippen MR) is 101 cm³/mol. The van der Waals surface area contributed by atoms with Crippen molar-refractivity contribution in [2.75, 3.05) is 13.1 Å². The number of rotatable bonds is 3. The van der Waals surface area contributed by atoms with E-state index in [1.807, 2.05) is 24.3 Å². The summed E-state index contributed by atoms with van der Waals surface area (Å²) in [5, 5.41) is 0.304. The van der Waals surface area contributed by atoms with E-state index in [4.69, 9.17) is 0 Å². The number of piperidine rings is 1. The number of hydrogen-bond donors (Lipinski definition) is 1. The largest absolute Gasteiger partial charge is 0.360 e. The van der Waals surface area contributed by atoms with Crippen LogP contribution in [0, 0.1) is 5.82 Å². The first-order valence-corrected chi connectivity index (χ1v) is 10.4. The fraction of sp³-hybridized carbons (Fsp3) is 0.250. The predicted octanol–water partition coefficient (Wildman–Crippen LogP) is 3.39. The van der Waals surface area contributed by atoms with Crippen LogP contribution in [-0.4, -0.2) is 42.5 Å². The highest BCUT2D eigenvalue weighted by Crippen LogP contribution is 2.27. The van der Waals surface area contributed by atoms with Crippen LogP contribution in [0.5, 0.6) is 0 Å². The molecule has 0 unspecified atom stereocenters. The maximum atomic E-state index is 13.1. The molecule has 140 valence electrons. The van der Waals surface area contributed by atoms with Crippen molar-refractivity contribution in [1.29, 1.82) is 0 Å². The van der Waals surface area contributed by atoms with Crippen molar-refractivity contribution < 1.29 is 17.6 Å². The number of aromatic nitrogens is 1. The number of amides is 1. The minimum absolute atomic E-state index is 0.0925. The number of nitrogens with zero attached hydrogens (tertiary/aromatic N) is 1. The zero-order valence-electron chi connectivity index (χ0n) is 14.6. The monoisotopic (exact) mass is 386 g/mol. The van der Waals surface area contributed by atoms with Crippen LogP contribution in [0.2, 0.25) is 0 Å². The van der Waals surface area contributed by atoms with Gasteiger partial charge in [-0.1, -0.05) is 18.2 Å². The molecule has 5 nitrogen and oxygen atoms in total. The smallest absolute Gasteiger partial charge is 0.256 e. The molecule has 1 fully saturated rings. The Kier molecular flexibility index (Phi) is 4.47. The lowest BCUT2D eigenvalue weighted by Crippen LogP contribution is -2.42. The molecule has 0 saturated carbocycles. The molecule has 1 aromatic heterocycles. The number of fused-ring (bicyclic) bond motifs is 1. The molecule has 1 aliphatic rings. The fourth-order valence-electron chi connectivity index (χ4n) is 3.60. The summed E-state index contributed by atoms with van der Waals surface area (Å²) in [7, 11) is -3.53. The zero-order valence-corrected chi connectivity index (χ0v) is 15.4. The van der Waals surface area contributed by atoms with Crippen LogP contribution in [0.15, 0.2) is 59.6 Å². The van der Waals surface area contributed by atoms with Gasteiger partial charge in [0.2, 0.25) is 0 Å². The van der Waals surface area contributed by atoms with Gasteiger partial charge in [0.15, 0.2) is 9.84 Å². The first-order chi connectivity index (χ1) is 13.0. The fourth-order valence-corrected chi connectivity index (χ4v) is 5.34. The third kappa shape index (κ3) is 3.23. The van der Waals surface area contributed by atoms with Gasteiger partial charge in [-0.3, -0.25) is 4.79 Å². The van der Waals surface area contributed by atoms with Crippen LogP contribution in [-0.2, 0) is 9.84 Å². The Labute approximate surface area is 156 Å². The van der Waals surface area contributed by atoms with E-state index in [9.17, 15) is 17.6 Å². The number of likely N-dealkylation sites (tertiary alicyclic amines) is 1. The standard InChI is InChI=1S/C20H19FN2O3S/c21-14-5-7-15(8-6-14)27(25,26)16-9-11-23(12-10-16)20(24)18-13-22-19-4-2-1-3-17(18)19/h1-8,13,16,22H,9-12H2. The summed E-state index contributed by atoms with van der Waals surface area (Å²) in [6.45, 7) is 0.757. The van der Waals surface area contributed by atoms with Crippen LogP contribution >= 0.6 is 0 Å². The summed E-state index contributed by atoms with van der Waals surface area (Å²) < 4.78 is 38.6. The van der Waals surface area contributed by atoms with Crippen molar-refractivity contribution in [3.05, 3.63) is 66.1 Å². The third-order valence-electron chi connectivity index (χ3n) is 5.13. The molecule has 0 bridgehead atoms. The van der Waals surface area contributed by atoms with E-state index < -0.39 is 20.9 Å². The quantitative estimate of drug-likeness (QED) is 0.702. The average molecular weight is 386 g/mol. The number of carbonyl (C=O) groups is 1.